The van der Waals surface area contributed by atoms with Crippen LogP contribution < -0.4 is 10.6 Å². The van der Waals surface area contributed by atoms with Crippen LogP contribution in [0.3, 0.4) is 0 Å². The van der Waals surface area contributed by atoms with Crippen molar-refractivity contribution in [3.8, 4) is 6.07 Å². The number of anilines is 1. The Hall–Kier alpha value is -2.62. The van der Waals surface area contributed by atoms with Gasteiger partial charge in [0, 0.05) is 6.04 Å². The lowest BCUT2D eigenvalue weighted by atomic mass is 9.53. The zero-order chi connectivity index (χ0) is 18.1. The number of nitriles is 1. The van der Waals surface area contributed by atoms with Crippen molar-refractivity contribution in [3.63, 3.8) is 0 Å². The predicted octanol–water partition coefficient (Wildman–Crippen LogP) is 2.95. The van der Waals surface area contributed by atoms with Crippen molar-refractivity contribution in [3.05, 3.63) is 29.6 Å². The van der Waals surface area contributed by atoms with Crippen LogP contribution >= 0.6 is 0 Å². The Balaban J connectivity index is 1.99. The van der Waals surface area contributed by atoms with Crippen LogP contribution in [0.5, 0.6) is 0 Å². The Morgan fingerprint density at radius 3 is 2.67 bits per heavy atom. The van der Waals surface area contributed by atoms with Gasteiger partial charge in [-0.05, 0) is 42.9 Å². The lowest BCUT2D eigenvalue weighted by Gasteiger charge is -2.52. The molecule has 1 aliphatic rings. The molecule has 0 saturated heterocycles. The Kier molecular flexibility index (Phi) is 4.78. The number of carboxylic acid groups (broad SMARTS) is 1. The van der Waals surface area contributed by atoms with Gasteiger partial charge in [0.2, 0.25) is 0 Å². The van der Waals surface area contributed by atoms with Crippen LogP contribution in [0.25, 0.3) is 0 Å². The normalized spacial score (nSPS) is 22.6. The molecule has 24 heavy (non-hydrogen) atoms. The highest BCUT2D eigenvalue weighted by Gasteiger charge is 2.53. The Labute approximate surface area is 139 Å². The fourth-order valence-corrected chi connectivity index (χ4v) is 3.41. The number of halogens is 1. The number of nitrogens with one attached hydrogen (secondary N) is 2. The van der Waals surface area contributed by atoms with E-state index < -0.39 is 29.2 Å². The monoisotopic (exact) mass is 333 g/mol. The van der Waals surface area contributed by atoms with Gasteiger partial charge in [-0.1, -0.05) is 13.8 Å². The molecule has 0 aliphatic heterocycles. The number of carboxylic acids is 1. The van der Waals surface area contributed by atoms with Gasteiger partial charge in [0.05, 0.1) is 17.2 Å². The molecule has 0 spiro atoms. The summed E-state index contributed by atoms with van der Waals surface area (Å²) in [5.74, 6) is -1.76. The molecule has 128 valence electrons. The minimum Gasteiger partial charge on any atom is -0.481 e. The van der Waals surface area contributed by atoms with Crippen molar-refractivity contribution in [1.29, 1.82) is 5.26 Å². The van der Waals surface area contributed by atoms with E-state index in [0.29, 0.717) is 6.42 Å². The molecule has 0 heterocycles. The van der Waals surface area contributed by atoms with Gasteiger partial charge >= 0.3 is 12.0 Å². The summed E-state index contributed by atoms with van der Waals surface area (Å²) in [7, 11) is 0. The summed E-state index contributed by atoms with van der Waals surface area (Å²) >= 11 is 0. The van der Waals surface area contributed by atoms with E-state index in [2.05, 4.69) is 10.6 Å². The van der Waals surface area contributed by atoms with Crippen molar-refractivity contribution in [2.24, 2.45) is 17.3 Å². The van der Waals surface area contributed by atoms with E-state index in [1.54, 1.807) is 0 Å². The summed E-state index contributed by atoms with van der Waals surface area (Å²) in [6, 6.07) is 4.61. The molecule has 1 saturated carbocycles. The number of amides is 2. The molecule has 0 aromatic heterocycles. The maximum Gasteiger partial charge on any atom is 0.319 e. The zero-order valence-electron chi connectivity index (χ0n) is 13.8. The van der Waals surface area contributed by atoms with E-state index >= 15 is 0 Å². The maximum atomic E-state index is 13.1. The molecule has 3 atom stereocenters. The number of rotatable bonds is 4. The fraction of sp³-hybridized carbons (Fsp3) is 0.471. The molecule has 0 radical (unpaired) electrons. The predicted molar refractivity (Wildman–Crippen MR) is 85.7 cm³/mol. The average Bonchev–Trinajstić information content (AvgIpc) is 2.47. The van der Waals surface area contributed by atoms with Crippen molar-refractivity contribution in [1.82, 2.24) is 5.32 Å². The van der Waals surface area contributed by atoms with Crippen molar-refractivity contribution in [2.75, 3.05) is 5.32 Å². The number of carbonyl (C=O) groups excluding carboxylic acids is 1. The topological polar surface area (TPSA) is 102 Å². The highest BCUT2D eigenvalue weighted by molar-refractivity contribution is 5.91. The summed E-state index contributed by atoms with van der Waals surface area (Å²) in [6.07, 6.45) is 0.504. The molecule has 3 N–H and O–H groups in total. The second-order valence-electron chi connectivity index (χ2n) is 6.74. The third kappa shape index (κ3) is 3.32. The first kappa shape index (κ1) is 17.7. The van der Waals surface area contributed by atoms with Gasteiger partial charge in [0.15, 0.2) is 0 Å². The van der Waals surface area contributed by atoms with Gasteiger partial charge in [-0.3, -0.25) is 4.79 Å². The molecular formula is C17H20FN3O3. The first-order valence-electron chi connectivity index (χ1n) is 7.66. The summed E-state index contributed by atoms with van der Waals surface area (Å²) < 4.78 is 13.1. The van der Waals surface area contributed by atoms with Crippen LogP contribution in [-0.2, 0) is 4.79 Å². The molecule has 1 aliphatic carbocycles. The summed E-state index contributed by atoms with van der Waals surface area (Å²) in [5.41, 5.74) is -0.153. The molecule has 1 fully saturated rings. The SMILES string of the molecule is CC(NC(=O)Nc1ccc(F)cc1C#N)[C@@H]1C[C@H](C(=O)O)C1(C)C. The van der Waals surface area contributed by atoms with Crippen molar-refractivity contribution < 1.29 is 19.1 Å². The summed E-state index contributed by atoms with van der Waals surface area (Å²) in [5, 5.41) is 23.4. The highest BCUT2D eigenvalue weighted by Crippen LogP contribution is 2.52. The number of hydrogen-bond donors (Lipinski definition) is 3. The van der Waals surface area contributed by atoms with Gasteiger partial charge in [-0.15, -0.1) is 0 Å². The lowest BCUT2D eigenvalue weighted by Crippen LogP contribution is -2.57. The van der Waals surface area contributed by atoms with Gasteiger partial charge in [0.1, 0.15) is 11.9 Å². The molecule has 1 aromatic carbocycles. The van der Waals surface area contributed by atoms with Gasteiger partial charge in [-0.2, -0.15) is 5.26 Å². The number of hydrogen-bond acceptors (Lipinski definition) is 3. The molecule has 1 aromatic rings. The van der Waals surface area contributed by atoms with Crippen molar-refractivity contribution >= 4 is 17.7 Å². The van der Waals surface area contributed by atoms with E-state index in [-0.39, 0.29) is 23.2 Å². The van der Waals surface area contributed by atoms with Crippen LogP contribution in [0.4, 0.5) is 14.9 Å². The van der Waals surface area contributed by atoms with E-state index in [1.807, 2.05) is 26.8 Å². The summed E-state index contributed by atoms with van der Waals surface area (Å²) in [4.78, 5) is 23.3. The van der Waals surface area contributed by atoms with Gasteiger partial charge in [0.25, 0.3) is 0 Å². The number of carbonyl (C=O) groups is 2. The molecule has 2 amide bonds. The highest BCUT2D eigenvalue weighted by atomic mass is 19.1. The Bertz CT molecular complexity index is 712. The third-order valence-corrected chi connectivity index (χ3v) is 4.95. The molecular weight excluding hydrogens is 313 g/mol. The first-order chi connectivity index (χ1) is 11.2. The molecule has 6 nitrogen and oxygen atoms in total. The number of urea groups is 1. The Morgan fingerprint density at radius 1 is 1.46 bits per heavy atom. The Morgan fingerprint density at radius 2 is 2.12 bits per heavy atom. The minimum absolute atomic E-state index is 0.0349. The van der Waals surface area contributed by atoms with E-state index in [9.17, 15) is 14.0 Å². The van der Waals surface area contributed by atoms with Crippen molar-refractivity contribution in [2.45, 2.75) is 33.2 Å². The van der Waals surface area contributed by atoms with Crippen LogP contribution in [0.15, 0.2) is 18.2 Å². The number of aliphatic carboxylic acids is 1. The molecule has 7 heteroatoms. The number of nitrogens with zero attached hydrogens (tertiary/aromatic N) is 1. The second kappa shape index (κ2) is 6.48. The van der Waals surface area contributed by atoms with Gasteiger partial charge < -0.3 is 15.7 Å². The summed E-state index contributed by atoms with van der Waals surface area (Å²) in [6.45, 7) is 5.58. The minimum atomic E-state index is -0.821. The maximum absolute atomic E-state index is 13.1. The van der Waals surface area contributed by atoms with Crippen LogP contribution in [-0.4, -0.2) is 23.1 Å². The number of benzene rings is 1. The molecule has 2 rings (SSSR count). The zero-order valence-corrected chi connectivity index (χ0v) is 13.8. The molecule has 0 bridgehead atoms. The standard InChI is InChI=1S/C17H20FN3O3/c1-9(12-7-13(15(22)23)17(12,2)3)20-16(24)21-14-5-4-11(18)6-10(14)8-19/h4-6,9,12-13H,7H2,1-3H3,(H,22,23)(H2,20,21,24)/t9?,12-,13+/m0/s1. The smallest absolute Gasteiger partial charge is 0.319 e. The molecule has 1 unspecified atom stereocenters. The lowest BCUT2D eigenvalue weighted by molar-refractivity contribution is -0.160. The van der Waals surface area contributed by atoms with E-state index in [4.69, 9.17) is 10.4 Å². The fourth-order valence-electron chi connectivity index (χ4n) is 3.41. The average molecular weight is 333 g/mol. The van der Waals surface area contributed by atoms with E-state index in [1.165, 1.54) is 6.07 Å². The van der Waals surface area contributed by atoms with Crippen LogP contribution in [0.1, 0.15) is 32.8 Å². The van der Waals surface area contributed by atoms with E-state index in [0.717, 1.165) is 12.1 Å². The second-order valence-corrected chi connectivity index (χ2v) is 6.74. The third-order valence-electron chi connectivity index (χ3n) is 4.95. The van der Waals surface area contributed by atoms with Crippen LogP contribution in [0, 0.1) is 34.4 Å². The van der Waals surface area contributed by atoms with Gasteiger partial charge in [-0.25, -0.2) is 9.18 Å². The first-order valence-corrected chi connectivity index (χ1v) is 7.66. The van der Waals surface area contributed by atoms with Crippen LogP contribution in [0.2, 0.25) is 0 Å². The quantitative estimate of drug-likeness (QED) is 0.788. The largest absolute Gasteiger partial charge is 0.481 e.